The van der Waals surface area contributed by atoms with Crippen LogP contribution >= 0.6 is 24.0 Å². The number of para-hydroxylation sites is 1. The molecule has 0 radical (unpaired) electrons. The Hall–Kier alpha value is -2.35. The van der Waals surface area contributed by atoms with Crippen molar-refractivity contribution in [2.75, 3.05) is 7.05 Å². The maximum Gasteiger partial charge on any atom is 0.191 e. The highest BCUT2D eigenvalue weighted by Gasteiger charge is 2.13. The summed E-state index contributed by atoms with van der Waals surface area (Å²) in [7, 11) is 1.79. The molecule has 148 valence electrons. The van der Waals surface area contributed by atoms with Gasteiger partial charge < -0.3 is 10.6 Å². The number of benzene rings is 2. The van der Waals surface area contributed by atoms with Gasteiger partial charge in [0.05, 0.1) is 11.4 Å². The summed E-state index contributed by atoms with van der Waals surface area (Å²) in [5, 5.41) is 11.5. The highest BCUT2D eigenvalue weighted by atomic mass is 127. The average molecular weight is 489 g/mol. The van der Waals surface area contributed by atoms with E-state index in [9.17, 15) is 0 Å². The summed E-state index contributed by atoms with van der Waals surface area (Å²) in [5.41, 5.74) is 6.93. The Balaban J connectivity index is 0.00000280. The van der Waals surface area contributed by atoms with Crippen LogP contribution < -0.4 is 10.6 Å². The summed E-state index contributed by atoms with van der Waals surface area (Å²) in [5.74, 6) is 0.780. The van der Waals surface area contributed by atoms with Gasteiger partial charge in [-0.3, -0.25) is 4.99 Å². The Morgan fingerprint density at radius 2 is 1.68 bits per heavy atom. The van der Waals surface area contributed by atoms with Gasteiger partial charge in [0.1, 0.15) is 0 Å². The van der Waals surface area contributed by atoms with Gasteiger partial charge in [0, 0.05) is 31.4 Å². The van der Waals surface area contributed by atoms with Gasteiger partial charge in [-0.25, -0.2) is 4.68 Å². The van der Waals surface area contributed by atoms with Crippen molar-refractivity contribution in [2.45, 2.75) is 33.9 Å². The number of nitrogens with one attached hydrogen (secondary N) is 2. The SMILES string of the molecule is CN=C(NCc1cccc(C)c1)NCc1c(C)nn(-c2ccccc2)c1C.I. The molecular formula is C22H28IN5. The second-order valence-electron chi connectivity index (χ2n) is 6.67. The molecular weight excluding hydrogens is 461 g/mol. The lowest BCUT2D eigenvalue weighted by Crippen LogP contribution is -2.36. The fraction of sp³-hybridized carbons (Fsp3) is 0.273. The van der Waals surface area contributed by atoms with E-state index in [0.717, 1.165) is 29.6 Å². The van der Waals surface area contributed by atoms with E-state index in [1.54, 1.807) is 7.05 Å². The van der Waals surface area contributed by atoms with Gasteiger partial charge in [0.15, 0.2) is 5.96 Å². The lowest BCUT2D eigenvalue weighted by Gasteiger charge is -2.13. The topological polar surface area (TPSA) is 54.2 Å². The quantitative estimate of drug-likeness (QED) is 0.320. The van der Waals surface area contributed by atoms with Crippen LogP contribution in [0.25, 0.3) is 5.69 Å². The Bertz CT molecular complexity index is 931. The zero-order chi connectivity index (χ0) is 19.2. The van der Waals surface area contributed by atoms with E-state index in [2.05, 4.69) is 65.9 Å². The summed E-state index contributed by atoms with van der Waals surface area (Å²) in [6, 6.07) is 18.7. The van der Waals surface area contributed by atoms with Gasteiger partial charge in [0.25, 0.3) is 0 Å². The van der Waals surface area contributed by atoms with Crippen molar-refractivity contribution in [2.24, 2.45) is 4.99 Å². The van der Waals surface area contributed by atoms with E-state index in [4.69, 9.17) is 5.10 Å². The summed E-state index contributed by atoms with van der Waals surface area (Å²) >= 11 is 0. The fourth-order valence-electron chi connectivity index (χ4n) is 3.15. The van der Waals surface area contributed by atoms with E-state index in [0.29, 0.717) is 6.54 Å². The number of rotatable bonds is 5. The number of aryl methyl sites for hydroxylation is 2. The molecule has 3 rings (SSSR count). The molecule has 0 aliphatic heterocycles. The van der Waals surface area contributed by atoms with Crippen LogP contribution in [0.3, 0.4) is 0 Å². The largest absolute Gasteiger partial charge is 0.352 e. The molecule has 0 amide bonds. The van der Waals surface area contributed by atoms with Crippen molar-refractivity contribution in [3.63, 3.8) is 0 Å². The second kappa shape index (κ2) is 10.3. The number of hydrogen-bond acceptors (Lipinski definition) is 2. The summed E-state index contributed by atoms with van der Waals surface area (Å²) < 4.78 is 2.00. The molecule has 0 atom stereocenters. The molecule has 3 aromatic rings. The molecule has 2 N–H and O–H groups in total. The number of aliphatic imine (C=N–C) groups is 1. The van der Waals surface area contributed by atoms with Gasteiger partial charge >= 0.3 is 0 Å². The molecule has 0 unspecified atom stereocenters. The molecule has 6 heteroatoms. The van der Waals surface area contributed by atoms with Crippen molar-refractivity contribution in [1.82, 2.24) is 20.4 Å². The third kappa shape index (κ3) is 5.34. The van der Waals surface area contributed by atoms with Crippen LogP contribution in [-0.2, 0) is 13.1 Å². The van der Waals surface area contributed by atoms with Crippen molar-refractivity contribution in [1.29, 1.82) is 0 Å². The number of halogens is 1. The molecule has 0 bridgehead atoms. The van der Waals surface area contributed by atoms with Crippen LogP contribution in [0.4, 0.5) is 0 Å². The van der Waals surface area contributed by atoms with Gasteiger partial charge in [-0.05, 0) is 38.5 Å². The molecule has 1 aromatic heterocycles. The fourth-order valence-corrected chi connectivity index (χ4v) is 3.15. The number of nitrogens with zero attached hydrogens (tertiary/aromatic N) is 3. The van der Waals surface area contributed by atoms with Crippen molar-refractivity contribution in [3.8, 4) is 5.69 Å². The van der Waals surface area contributed by atoms with Crippen LogP contribution in [0.5, 0.6) is 0 Å². The Morgan fingerprint density at radius 3 is 2.36 bits per heavy atom. The van der Waals surface area contributed by atoms with Crippen LogP contribution in [0.15, 0.2) is 59.6 Å². The lowest BCUT2D eigenvalue weighted by atomic mass is 10.1. The van der Waals surface area contributed by atoms with Gasteiger partial charge in [-0.1, -0.05) is 48.0 Å². The van der Waals surface area contributed by atoms with E-state index in [-0.39, 0.29) is 24.0 Å². The predicted octanol–water partition coefficient (Wildman–Crippen LogP) is 4.28. The first-order valence-corrected chi connectivity index (χ1v) is 9.19. The van der Waals surface area contributed by atoms with Crippen LogP contribution in [0.1, 0.15) is 28.1 Å². The molecule has 0 fully saturated rings. The van der Waals surface area contributed by atoms with Crippen molar-refractivity contribution < 1.29 is 0 Å². The summed E-state index contributed by atoms with van der Waals surface area (Å²) in [4.78, 5) is 4.33. The first-order chi connectivity index (χ1) is 13.1. The van der Waals surface area contributed by atoms with Crippen molar-refractivity contribution in [3.05, 3.63) is 82.7 Å². The van der Waals surface area contributed by atoms with Gasteiger partial charge in [-0.15, -0.1) is 24.0 Å². The number of guanidine groups is 1. The summed E-state index contributed by atoms with van der Waals surface area (Å²) in [6.45, 7) is 7.67. The number of hydrogen-bond donors (Lipinski definition) is 2. The minimum Gasteiger partial charge on any atom is -0.352 e. The zero-order valence-electron chi connectivity index (χ0n) is 16.9. The monoisotopic (exact) mass is 489 g/mol. The second-order valence-corrected chi connectivity index (χ2v) is 6.67. The third-order valence-electron chi connectivity index (χ3n) is 4.64. The highest BCUT2D eigenvalue weighted by Crippen LogP contribution is 2.17. The molecule has 2 aromatic carbocycles. The maximum absolute atomic E-state index is 4.70. The molecule has 1 heterocycles. The van der Waals surface area contributed by atoms with E-state index < -0.39 is 0 Å². The third-order valence-corrected chi connectivity index (χ3v) is 4.64. The molecule has 0 saturated carbocycles. The maximum atomic E-state index is 4.70. The predicted molar refractivity (Wildman–Crippen MR) is 127 cm³/mol. The van der Waals surface area contributed by atoms with E-state index in [1.165, 1.54) is 16.7 Å². The van der Waals surface area contributed by atoms with E-state index in [1.807, 2.05) is 29.8 Å². The molecule has 0 aliphatic carbocycles. The summed E-state index contributed by atoms with van der Waals surface area (Å²) in [6.07, 6.45) is 0. The smallest absolute Gasteiger partial charge is 0.191 e. The average Bonchev–Trinajstić information content (AvgIpc) is 2.97. The Kier molecular flexibility index (Phi) is 8.04. The first-order valence-electron chi connectivity index (χ1n) is 9.19. The van der Waals surface area contributed by atoms with Gasteiger partial charge in [0.2, 0.25) is 0 Å². The Labute approximate surface area is 184 Å². The van der Waals surface area contributed by atoms with E-state index >= 15 is 0 Å². The normalized spacial score (nSPS) is 11.1. The van der Waals surface area contributed by atoms with Crippen molar-refractivity contribution >= 4 is 29.9 Å². The molecule has 0 spiro atoms. The van der Waals surface area contributed by atoms with Crippen LogP contribution in [0, 0.1) is 20.8 Å². The molecule has 0 aliphatic rings. The van der Waals surface area contributed by atoms with Crippen LogP contribution in [0.2, 0.25) is 0 Å². The standard InChI is InChI=1S/C22H27N5.HI/c1-16-9-8-10-19(13-16)14-24-22(23-4)25-15-21-17(2)26-27(18(21)3)20-11-6-5-7-12-20;/h5-13H,14-15H2,1-4H3,(H2,23,24,25);1H. The lowest BCUT2D eigenvalue weighted by molar-refractivity contribution is 0.800. The molecule has 0 saturated heterocycles. The Morgan fingerprint density at radius 1 is 0.964 bits per heavy atom. The molecule has 5 nitrogen and oxygen atoms in total. The minimum atomic E-state index is 0. The highest BCUT2D eigenvalue weighted by molar-refractivity contribution is 14.0. The van der Waals surface area contributed by atoms with Gasteiger partial charge in [-0.2, -0.15) is 5.10 Å². The molecule has 28 heavy (non-hydrogen) atoms. The van der Waals surface area contributed by atoms with Crippen LogP contribution in [-0.4, -0.2) is 22.8 Å². The number of aromatic nitrogens is 2. The minimum absolute atomic E-state index is 0. The first kappa shape index (κ1) is 21.9. The zero-order valence-corrected chi connectivity index (χ0v) is 19.2.